The molecular formula is C18H19N7O8S2. The van der Waals surface area contributed by atoms with E-state index in [1.807, 2.05) is 0 Å². The summed E-state index contributed by atoms with van der Waals surface area (Å²) in [5.74, 6) is -3.29. The Morgan fingerprint density at radius 2 is 2.11 bits per heavy atom. The maximum atomic E-state index is 13.3. The zero-order valence-corrected chi connectivity index (χ0v) is 20.1. The Kier molecular flexibility index (Phi) is 6.07. The minimum atomic E-state index is -4.35. The average molecular weight is 526 g/mol. The highest BCUT2D eigenvalue weighted by atomic mass is 32.2. The van der Waals surface area contributed by atoms with Crippen molar-refractivity contribution in [3.05, 3.63) is 33.1 Å². The van der Waals surface area contributed by atoms with Gasteiger partial charge in [-0.1, -0.05) is 10.3 Å². The standard InChI is InChI=1S/C18H19N7O8S2/c1-7-14(8(2)33-22-7)35(30,31)11-5-24-4-9(16(27)25(24)13(11)17(28)29)20-15(26)12(23-32-3)10-6-34-18(19)21-10/h6,9H,4-5H2,1-3H3,(H2,19,21)(H,20,26)(H,28,29)/b23-12-/t9-/m0/s1. The molecule has 1 fully saturated rings. The number of hydrogen-bond donors (Lipinski definition) is 3. The van der Waals surface area contributed by atoms with Gasteiger partial charge in [0.1, 0.15) is 23.7 Å². The minimum absolute atomic E-state index is 0.00843. The second kappa shape index (κ2) is 8.75. The van der Waals surface area contributed by atoms with Gasteiger partial charge >= 0.3 is 5.97 Å². The molecule has 0 aliphatic carbocycles. The molecule has 0 saturated carbocycles. The number of carbonyl (C=O) groups is 3. The lowest BCUT2D eigenvalue weighted by atomic mass is 10.2. The van der Waals surface area contributed by atoms with E-state index in [0.29, 0.717) is 0 Å². The van der Waals surface area contributed by atoms with E-state index < -0.39 is 50.8 Å². The summed E-state index contributed by atoms with van der Waals surface area (Å²) in [5, 5.41) is 23.1. The third kappa shape index (κ3) is 4.02. The van der Waals surface area contributed by atoms with Gasteiger partial charge in [0.2, 0.25) is 9.84 Å². The molecule has 2 aromatic heterocycles. The first-order valence-corrected chi connectivity index (χ1v) is 12.2. The highest BCUT2D eigenvalue weighted by Crippen LogP contribution is 2.36. The molecule has 1 atom stereocenters. The first-order chi connectivity index (χ1) is 16.5. The SMILES string of the molecule is CO/N=C(\C(=O)N[C@H]1CN2CC(S(=O)(=O)c3c(C)noc3C)=C(C(=O)O)N2C1=O)c1csc(N)n1. The Bertz CT molecular complexity index is 1390. The lowest BCUT2D eigenvalue weighted by Crippen LogP contribution is -2.46. The van der Waals surface area contributed by atoms with Crippen LogP contribution in [-0.2, 0) is 29.1 Å². The van der Waals surface area contributed by atoms with Crippen molar-refractivity contribution in [2.75, 3.05) is 25.9 Å². The van der Waals surface area contributed by atoms with E-state index in [9.17, 15) is 27.9 Å². The molecule has 2 amide bonds. The van der Waals surface area contributed by atoms with E-state index in [-0.39, 0.29) is 39.4 Å². The number of hydrogen-bond acceptors (Lipinski definition) is 13. The van der Waals surface area contributed by atoms with Crippen LogP contribution in [0.3, 0.4) is 0 Å². The maximum absolute atomic E-state index is 13.3. The largest absolute Gasteiger partial charge is 0.476 e. The second-order valence-corrected chi connectivity index (χ2v) is 10.2. The van der Waals surface area contributed by atoms with Crippen LogP contribution < -0.4 is 11.1 Å². The fourth-order valence-corrected chi connectivity index (χ4v) is 6.22. The van der Waals surface area contributed by atoms with Crippen LogP contribution in [0.1, 0.15) is 17.1 Å². The number of hydrazine groups is 1. The number of rotatable bonds is 7. The number of sulfone groups is 1. The van der Waals surface area contributed by atoms with Crippen molar-refractivity contribution in [3.63, 3.8) is 0 Å². The van der Waals surface area contributed by atoms with Gasteiger partial charge in [-0.05, 0) is 13.8 Å². The molecule has 15 nitrogen and oxygen atoms in total. The van der Waals surface area contributed by atoms with Crippen molar-refractivity contribution in [3.8, 4) is 0 Å². The molecular weight excluding hydrogens is 506 g/mol. The summed E-state index contributed by atoms with van der Waals surface area (Å²) in [4.78, 5) is 45.9. The second-order valence-electron chi connectivity index (χ2n) is 7.45. The first kappa shape index (κ1) is 24.3. The molecule has 0 radical (unpaired) electrons. The molecule has 2 aliphatic rings. The zero-order valence-electron chi connectivity index (χ0n) is 18.5. The lowest BCUT2D eigenvalue weighted by molar-refractivity contribution is -0.143. The Labute approximate surface area is 201 Å². The van der Waals surface area contributed by atoms with Crippen molar-refractivity contribution in [1.29, 1.82) is 0 Å². The molecule has 2 aliphatic heterocycles. The molecule has 2 aromatic rings. The van der Waals surface area contributed by atoms with Gasteiger partial charge in [0.15, 0.2) is 22.3 Å². The smallest absolute Gasteiger partial charge is 0.355 e. The Morgan fingerprint density at radius 1 is 1.40 bits per heavy atom. The summed E-state index contributed by atoms with van der Waals surface area (Å²) < 4.78 is 31.5. The van der Waals surface area contributed by atoms with E-state index in [1.54, 1.807) is 0 Å². The van der Waals surface area contributed by atoms with Crippen LogP contribution in [0, 0.1) is 13.8 Å². The molecule has 4 heterocycles. The van der Waals surface area contributed by atoms with Crippen LogP contribution in [0.2, 0.25) is 0 Å². The monoisotopic (exact) mass is 525 g/mol. The highest BCUT2D eigenvalue weighted by molar-refractivity contribution is 7.95. The van der Waals surface area contributed by atoms with Crippen LogP contribution in [-0.4, -0.2) is 83.4 Å². The lowest BCUT2D eigenvalue weighted by Gasteiger charge is -2.18. The van der Waals surface area contributed by atoms with Gasteiger partial charge in [-0.2, -0.15) is 0 Å². The molecule has 0 unspecified atom stereocenters. The van der Waals surface area contributed by atoms with Crippen LogP contribution in [0.5, 0.6) is 0 Å². The molecule has 4 N–H and O–H groups in total. The molecule has 0 aromatic carbocycles. The van der Waals surface area contributed by atoms with Crippen LogP contribution in [0.25, 0.3) is 0 Å². The van der Waals surface area contributed by atoms with Gasteiger partial charge in [0, 0.05) is 11.9 Å². The molecule has 0 spiro atoms. The minimum Gasteiger partial charge on any atom is -0.476 e. The first-order valence-electron chi connectivity index (χ1n) is 9.84. The molecule has 1 saturated heterocycles. The Morgan fingerprint density at radius 3 is 2.66 bits per heavy atom. The van der Waals surface area contributed by atoms with Gasteiger partial charge in [0.05, 0.1) is 17.1 Å². The fourth-order valence-electron chi connectivity index (χ4n) is 3.83. The number of amides is 2. The number of nitrogen functional groups attached to an aromatic ring is 1. The normalized spacial score (nSPS) is 18.8. The maximum Gasteiger partial charge on any atom is 0.355 e. The Balaban J connectivity index is 1.63. The van der Waals surface area contributed by atoms with E-state index >= 15 is 0 Å². The zero-order chi connectivity index (χ0) is 25.7. The number of aliphatic carboxylic acids is 1. The van der Waals surface area contributed by atoms with Crippen molar-refractivity contribution < 1.29 is 37.3 Å². The van der Waals surface area contributed by atoms with Crippen molar-refractivity contribution in [1.82, 2.24) is 25.5 Å². The van der Waals surface area contributed by atoms with E-state index in [2.05, 4.69) is 25.5 Å². The van der Waals surface area contributed by atoms with Crippen LogP contribution in [0.4, 0.5) is 5.13 Å². The Hall–Kier alpha value is -3.83. The number of carboxylic acid groups (broad SMARTS) is 1. The van der Waals surface area contributed by atoms with E-state index in [0.717, 1.165) is 16.3 Å². The average Bonchev–Trinajstić information content (AvgIpc) is 3.52. The van der Waals surface area contributed by atoms with Gasteiger partial charge in [-0.25, -0.2) is 28.2 Å². The molecule has 0 bridgehead atoms. The summed E-state index contributed by atoms with van der Waals surface area (Å²) >= 11 is 1.07. The number of anilines is 1. The van der Waals surface area contributed by atoms with Crippen molar-refractivity contribution >= 4 is 49.8 Å². The summed E-state index contributed by atoms with van der Waals surface area (Å²) in [5.41, 5.74) is 4.81. The molecule has 17 heteroatoms. The van der Waals surface area contributed by atoms with Gasteiger partial charge in [-0.15, -0.1) is 11.3 Å². The number of fused-ring (bicyclic) bond motifs is 1. The number of aryl methyl sites for hydroxylation is 2. The number of thiazole rings is 1. The molecule has 35 heavy (non-hydrogen) atoms. The number of carbonyl (C=O) groups excluding carboxylic acids is 2. The highest BCUT2D eigenvalue weighted by Gasteiger charge is 2.51. The topological polar surface area (TPSA) is 211 Å². The van der Waals surface area contributed by atoms with E-state index in [4.69, 9.17) is 10.3 Å². The summed E-state index contributed by atoms with van der Waals surface area (Å²) in [6.07, 6.45) is 0. The van der Waals surface area contributed by atoms with Gasteiger partial charge in [0.25, 0.3) is 11.8 Å². The fraction of sp³-hybridized carbons (Fsp3) is 0.333. The quantitative estimate of drug-likeness (QED) is 0.294. The predicted molar refractivity (Wildman–Crippen MR) is 118 cm³/mol. The van der Waals surface area contributed by atoms with Gasteiger partial charge in [-0.3, -0.25) is 9.59 Å². The number of nitrogens with zero attached hydrogens (tertiary/aromatic N) is 5. The number of nitrogens with one attached hydrogen (secondary N) is 1. The third-order valence-corrected chi connectivity index (χ3v) is 7.98. The molecule has 186 valence electrons. The predicted octanol–water partition coefficient (Wildman–Crippen LogP) is -0.992. The molecule has 4 rings (SSSR count). The van der Waals surface area contributed by atoms with E-state index in [1.165, 1.54) is 31.3 Å². The summed E-state index contributed by atoms with van der Waals surface area (Å²) in [6.45, 7) is 2.19. The van der Waals surface area contributed by atoms with Crippen molar-refractivity contribution in [2.24, 2.45) is 5.16 Å². The van der Waals surface area contributed by atoms with Crippen LogP contribution >= 0.6 is 11.3 Å². The summed E-state index contributed by atoms with van der Waals surface area (Å²) in [6, 6.07) is -1.20. The summed E-state index contributed by atoms with van der Waals surface area (Å²) in [7, 11) is -3.13. The van der Waals surface area contributed by atoms with Crippen LogP contribution in [0.15, 0.2) is 30.6 Å². The number of nitrogens with two attached hydrogens (primary N) is 1. The third-order valence-electron chi connectivity index (χ3n) is 5.22. The number of aromatic nitrogens is 2. The number of carboxylic acids is 1. The number of oxime groups is 1. The van der Waals surface area contributed by atoms with Gasteiger partial charge < -0.3 is 25.5 Å². The van der Waals surface area contributed by atoms with Crippen molar-refractivity contribution in [2.45, 2.75) is 24.8 Å².